The third-order valence-electron chi connectivity index (χ3n) is 6.74. The zero-order chi connectivity index (χ0) is 27.5. The molecule has 1 heterocycles. The van der Waals surface area contributed by atoms with E-state index >= 15 is 0 Å². The number of rotatable bonds is 14. The van der Waals surface area contributed by atoms with Gasteiger partial charge in [0.25, 0.3) is 0 Å². The fourth-order valence-electron chi connectivity index (χ4n) is 4.58. The van der Waals surface area contributed by atoms with Crippen molar-refractivity contribution in [2.24, 2.45) is 0 Å². The predicted octanol–water partition coefficient (Wildman–Crippen LogP) is 6.66. The lowest BCUT2D eigenvalue weighted by Crippen LogP contribution is -2.44. The molecule has 39 heavy (non-hydrogen) atoms. The summed E-state index contributed by atoms with van der Waals surface area (Å²) in [7, 11) is 1.65. The summed E-state index contributed by atoms with van der Waals surface area (Å²) in [4.78, 5) is 14.9. The number of ether oxygens (including phenoxy) is 4. The summed E-state index contributed by atoms with van der Waals surface area (Å²) in [5, 5.41) is 0. The minimum absolute atomic E-state index is 0.131. The van der Waals surface area contributed by atoms with Crippen molar-refractivity contribution in [3.05, 3.63) is 120 Å². The number of carbonyl (C=O) groups excluding carboxylic acids is 1. The number of carbonyl (C=O) groups is 1. The molecular formula is C33H37NO5. The number of nitrogens with zero attached hydrogens (tertiary/aromatic N) is 1. The third-order valence-corrected chi connectivity index (χ3v) is 6.74. The van der Waals surface area contributed by atoms with Gasteiger partial charge in [-0.3, -0.25) is 4.90 Å². The molecule has 1 saturated heterocycles. The second-order valence-corrected chi connectivity index (χ2v) is 9.60. The van der Waals surface area contributed by atoms with Crippen molar-refractivity contribution >= 4 is 12.2 Å². The van der Waals surface area contributed by atoms with Gasteiger partial charge in [0.15, 0.2) is 0 Å². The quantitative estimate of drug-likeness (QED) is 0.219. The molecule has 4 atom stereocenters. The second kappa shape index (κ2) is 14.3. The molecule has 0 unspecified atom stereocenters. The van der Waals surface area contributed by atoms with E-state index in [0.717, 1.165) is 22.4 Å². The molecule has 0 bridgehead atoms. The molecule has 0 N–H and O–H groups in total. The highest BCUT2D eigenvalue weighted by Gasteiger charge is 2.43. The maximum Gasteiger partial charge on any atom is 0.411 e. The first kappa shape index (κ1) is 28.1. The zero-order valence-electron chi connectivity index (χ0n) is 22.6. The predicted molar refractivity (Wildman–Crippen MR) is 153 cm³/mol. The van der Waals surface area contributed by atoms with Crippen LogP contribution in [0.2, 0.25) is 0 Å². The first-order valence-electron chi connectivity index (χ1n) is 13.3. The van der Waals surface area contributed by atoms with Gasteiger partial charge < -0.3 is 18.9 Å². The average Bonchev–Trinajstić information content (AvgIpc) is 3.28. The van der Waals surface area contributed by atoms with Crippen molar-refractivity contribution in [1.29, 1.82) is 0 Å². The second-order valence-electron chi connectivity index (χ2n) is 9.60. The van der Waals surface area contributed by atoms with E-state index in [2.05, 4.69) is 6.58 Å². The summed E-state index contributed by atoms with van der Waals surface area (Å²) in [5.41, 5.74) is 3.18. The van der Waals surface area contributed by atoms with Crippen LogP contribution in [-0.4, -0.2) is 49.0 Å². The van der Waals surface area contributed by atoms with Crippen molar-refractivity contribution in [2.75, 3.05) is 13.7 Å². The van der Waals surface area contributed by atoms with Gasteiger partial charge in [-0.2, -0.15) is 0 Å². The summed E-state index contributed by atoms with van der Waals surface area (Å²) in [6.45, 7) is 7.23. The van der Waals surface area contributed by atoms with Gasteiger partial charge in [0.05, 0.1) is 45.1 Å². The molecule has 6 heteroatoms. The van der Waals surface area contributed by atoms with Crippen LogP contribution in [0.25, 0.3) is 6.08 Å². The van der Waals surface area contributed by atoms with Crippen LogP contribution in [0.15, 0.2) is 104 Å². The van der Waals surface area contributed by atoms with Crippen molar-refractivity contribution in [3.8, 4) is 5.75 Å². The molecule has 204 valence electrons. The van der Waals surface area contributed by atoms with Gasteiger partial charge in [-0.1, -0.05) is 91.0 Å². The van der Waals surface area contributed by atoms with Crippen LogP contribution in [-0.2, 0) is 27.4 Å². The summed E-state index contributed by atoms with van der Waals surface area (Å²) < 4.78 is 23.3. The number of hydrogen-bond acceptors (Lipinski definition) is 5. The molecule has 4 rings (SSSR count). The number of hydrogen-bond donors (Lipinski definition) is 0. The molecule has 3 aromatic rings. The summed E-state index contributed by atoms with van der Waals surface area (Å²) in [6, 6.07) is 27.2. The molecule has 1 amide bonds. The van der Waals surface area contributed by atoms with E-state index in [4.69, 9.17) is 18.9 Å². The van der Waals surface area contributed by atoms with Gasteiger partial charge in [0.1, 0.15) is 11.9 Å². The fourth-order valence-corrected chi connectivity index (χ4v) is 4.58. The van der Waals surface area contributed by atoms with Crippen molar-refractivity contribution in [1.82, 2.24) is 4.90 Å². The number of benzene rings is 3. The smallest absolute Gasteiger partial charge is 0.411 e. The Bertz CT molecular complexity index is 1200. The lowest BCUT2D eigenvalue weighted by atomic mass is 10.0. The number of cyclic esters (lactones) is 1. The minimum atomic E-state index is -0.377. The maximum absolute atomic E-state index is 13.2. The lowest BCUT2D eigenvalue weighted by molar-refractivity contribution is 0.0164. The monoisotopic (exact) mass is 527 g/mol. The van der Waals surface area contributed by atoms with Crippen LogP contribution >= 0.6 is 0 Å². The Hall–Kier alpha value is -3.87. The Morgan fingerprint density at radius 3 is 2.28 bits per heavy atom. The van der Waals surface area contributed by atoms with E-state index in [0.29, 0.717) is 26.2 Å². The standard InChI is InChI=1S/C33H37NO5/c1-4-29(24-37-22-27-13-9-6-10-14-27)34-31(20-17-26-11-7-5-8-12-26)32(39-33(34)35)21-25(2)38-23-28-15-18-30(36-3)19-16-28/h4-20,25,29,31-32H,1,21-24H2,2-3H3/b20-17+/t25-,29-,31-,32+/m0/s1. The Balaban J connectivity index is 1.44. The third kappa shape index (κ3) is 8.06. The average molecular weight is 528 g/mol. The molecule has 0 spiro atoms. The highest BCUT2D eigenvalue weighted by Crippen LogP contribution is 2.29. The Kier molecular flexibility index (Phi) is 10.3. The molecule has 0 aliphatic carbocycles. The Labute approximate surface area is 231 Å². The van der Waals surface area contributed by atoms with E-state index < -0.39 is 0 Å². The topological polar surface area (TPSA) is 57.2 Å². The minimum Gasteiger partial charge on any atom is -0.497 e. The van der Waals surface area contributed by atoms with E-state index in [9.17, 15) is 4.79 Å². The molecule has 1 aliphatic rings. The van der Waals surface area contributed by atoms with Crippen molar-refractivity contribution < 1.29 is 23.7 Å². The van der Waals surface area contributed by atoms with Crippen LogP contribution < -0.4 is 4.74 Å². The highest BCUT2D eigenvalue weighted by atomic mass is 16.6. The highest BCUT2D eigenvalue weighted by molar-refractivity contribution is 5.72. The number of methoxy groups -OCH3 is 1. The van der Waals surface area contributed by atoms with Crippen LogP contribution in [0.4, 0.5) is 4.79 Å². The number of amides is 1. The van der Waals surface area contributed by atoms with Crippen molar-refractivity contribution in [2.45, 2.75) is 50.8 Å². The van der Waals surface area contributed by atoms with Gasteiger partial charge in [-0.25, -0.2) is 4.79 Å². The maximum atomic E-state index is 13.2. The molecule has 1 aliphatic heterocycles. The van der Waals surface area contributed by atoms with E-state index in [1.54, 1.807) is 18.1 Å². The van der Waals surface area contributed by atoms with Gasteiger partial charge in [-0.15, -0.1) is 6.58 Å². The van der Waals surface area contributed by atoms with Crippen LogP contribution in [0.5, 0.6) is 5.75 Å². The Morgan fingerprint density at radius 1 is 0.949 bits per heavy atom. The summed E-state index contributed by atoms with van der Waals surface area (Å²) in [5.74, 6) is 0.808. The van der Waals surface area contributed by atoms with Gasteiger partial charge in [0.2, 0.25) is 0 Å². The SMILES string of the molecule is C=C[C@@H](COCc1ccccc1)N1C(=O)O[C@H](C[C@H](C)OCc2ccc(OC)cc2)[C@@H]1/C=C/c1ccccc1. The zero-order valence-corrected chi connectivity index (χ0v) is 22.6. The summed E-state index contributed by atoms with van der Waals surface area (Å²) >= 11 is 0. The van der Waals surface area contributed by atoms with Gasteiger partial charge in [0, 0.05) is 6.42 Å². The Morgan fingerprint density at radius 2 is 1.62 bits per heavy atom. The normalized spacial score (nSPS) is 18.6. The first-order chi connectivity index (χ1) is 19.1. The largest absolute Gasteiger partial charge is 0.497 e. The molecule has 0 aromatic heterocycles. The van der Waals surface area contributed by atoms with Crippen LogP contribution in [0, 0.1) is 0 Å². The van der Waals surface area contributed by atoms with E-state index in [-0.39, 0.29) is 30.4 Å². The van der Waals surface area contributed by atoms with E-state index in [1.807, 2.05) is 104 Å². The van der Waals surface area contributed by atoms with Crippen LogP contribution in [0.1, 0.15) is 30.0 Å². The summed E-state index contributed by atoms with van der Waals surface area (Å²) in [6.07, 6.45) is 5.49. The fraction of sp³-hybridized carbons (Fsp3) is 0.303. The lowest BCUT2D eigenvalue weighted by Gasteiger charge is -2.29. The molecule has 6 nitrogen and oxygen atoms in total. The van der Waals surface area contributed by atoms with E-state index in [1.165, 1.54) is 0 Å². The molecule has 1 fully saturated rings. The molecular weight excluding hydrogens is 490 g/mol. The molecule has 0 saturated carbocycles. The van der Waals surface area contributed by atoms with Gasteiger partial charge >= 0.3 is 6.09 Å². The molecule has 0 radical (unpaired) electrons. The molecule has 3 aromatic carbocycles. The van der Waals surface area contributed by atoms with Crippen LogP contribution in [0.3, 0.4) is 0 Å². The van der Waals surface area contributed by atoms with Gasteiger partial charge in [-0.05, 0) is 35.7 Å². The van der Waals surface area contributed by atoms with Crippen molar-refractivity contribution in [3.63, 3.8) is 0 Å². The first-order valence-corrected chi connectivity index (χ1v) is 13.3.